The van der Waals surface area contributed by atoms with Gasteiger partial charge in [0.25, 0.3) is 0 Å². The lowest BCUT2D eigenvalue weighted by atomic mass is 10.2. The van der Waals surface area contributed by atoms with E-state index in [0.29, 0.717) is 0 Å². The molecule has 0 aliphatic heterocycles. The fourth-order valence-electron chi connectivity index (χ4n) is 1.50. The fraction of sp³-hybridized carbons (Fsp3) is 0.417. The van der Waals surface area contributed by atoms with Crippen LogP contribution < -0.4 is 0 Å². The predicted octanol–water partition coefficient (Wildman–Crippen LogP) is 0.926. The molecular formula is C12H15NO6. The van der Waals surface area contributed by atoms with Gasteiger partial charge < -0.3 is 19.1 Å². The number of carbonyl (C=O) groups is 3. The average molecular weight is 269 g/mol. The van der Waals surface area contributed by atoms with Crippen LogP contribution in [0.5, 0.6) is 0 Å². The normalized spacial score (nSPS) is 10.0. The zero-order valence-electron chi connectivity index (χ0n) is 10.7. The largest absolute Gasteiger partial charge is 0.480 e. The van der Waals surface area contributed by atoms with Crippen LogP contribution >= 0.6 is 0 Å². The molecule has 0 aliphatic carbocycles. The summed E-state index contributed by atoms with van der Waals surface area (Å²) in [5, 5.41) is 8.70. The van der Waals surface area contributed by atoms with E-state index in [4.69, 9.17) is 14.6 Å². The molecule has 0 bridgehead atoms. The van der Waals surface area contributed by atoms with Crippen LogP contribution in [0.2, 0.25) is 0 Å². The summed E-state index contributed by atoms with van der Waals surface area (Å²) >= 11 is 0. The summed E-state index contributed by atoms with van der Waals surface area (Å²) in [6.45, 7) is 3.23. The standard InChI is InChI=1S/C12H15NO6/c1-3-18-11(16)8-5-13(7-10(14)15)6-9(8)12(17)19-4-2/h5-6H,3-4,7H2,1-2H3,(H,14,15). The molecule has 0 saturated heterocycles. The number of nitrogens with zero attached hydrogens (tertiary/aromatic N) is 1. The number of ether oxygens (including phenoxy) is 2. The molecule has 0 amide bonds. The van der Waals surface area contributed by atoms with Gasteiger partial charge in [-0.05, 0) is 13.8 Å². The fourth-order valence-corrected chi connectivity index (χ4v) is 1.50. The monoisotopic (exact) mass is 269 g/mol. The summed E-state index contributed by atoms with van der Waals surface area (Å²) in [4.78, 5) is 34.0. The van der Waals surface area contributed by atoms with Crippen LogP contribution in [-0.2, 0) is 20.8 Å². The molecule has 0 spiro atoms. The molecule has 1 heterocycles. The van der Waals surface area contributed by atoms with E-state index in [9.17, 15) is 14.4 Å². The van der Waals surface area contributed by atoms with E-state index < -0.39 is 17.9 Å². The lowest BCUT2D eigenvalue weighted by Gasteiger charge is -2.02. The topological polar surface area (TPSA) is 94.8 Å². The van der Waals surface area contributed by atoms with Gasteiger partial charge in [-0.2, -0.15) is 0 Å². The van der Waals surface area contributed by atoms with Crippen LogP contribution in [0.25, 0.3) is 0 Å². The molecule has 0 saturated carbocycles. The summed E-state index contributed by atoms with van der Waals surface area (Å²) in [5.41, 5.74) is 0.00287. The third-order valence-corrected chi connectivity index (χ3v) is 2.19. The number of carboxylic acids is 1. The molecule has 7 heteroatoms. The van der Waals surface area contributed by atoms with E-state index in [2.05, 4.69) is 0 Å². The molecule has 7 nitrogen and oxygen atoms in total. The molecule has 19 heavy (non-hydrogen) atoms. The highest BCUT2D eigenvalue weighted by Crippen LogP contribution is 2.14. The average Bonchev–Trinajstić information content (AvgIpc) is 2.72. The van der Waals surface area contributed by atoms with Crippen molar-refractivity contribution in [3.8, 4) is 0 Å². The van der Waals surface area contributed by atoms with Crippen LogP contribution in [0, 0.1) is 0 Å². The summed E-state index contributed by atoms with van der Waals surface area (Å²) in [6, 6.07) is 0. The lowest BCUT2D eigenvalue weighted by molar-refractivity contribution is -0.137. The minimum atomic E-state index is -1.08. The van der Waals surface area contributed by atoms with Crippen molar-refractivity contribution in [2.24, 2.45) is 0 Å². The summed E-state index contributed by atoms with van der Waals surface area (Å²) in [5.74, 6) is -2.45. The summed E-state index contributed by atoms with van der Waals surface area (Å²) in [6.07, 6.45) is 2.52. The first kappa shape index (κ1) is 14.7. The number of aliphatic carboxylic acids is 1. The quantitative estimate of drug-likeness (QED) is 0.772. The maximum atomic E-state index is 11.7. The third kappa shape index (κ3) is 3.84. The van der Waals surface area contributed by atoms with Crippen molar-refractivity contribution >= 4 is 17.9 Å². The number of aromatic nitrogens is 1. The van der Waals surface area contributed by atoms with Crippen molar-refractivity contribution in [1.82, 2.24) is 4.57 Å². The molecule has 1 aromatic rings. The first-order valence-corrected chi connectivity index (χ1v) is 5.75. The van der Waals surface area contributed by atoms with Crippen LogP contribution in [0.3, 0.4) is 0 Å². The molecule has 0 aliphatic rings. The molecule has 1 aromatic heterocycles. The van der Waals surface area contributed by atoms with Crippen molar-refractivity contribution in [2.75, 3.05) is 13.2 Å². The molecule has 104 valence electrons. The van der Waals surface area contributed by atoms with Crippen LogP contribution in [0.15, 0.2) is 12.4 Å². The zero-order valence-corrected chi connectivity index (χ0v) is 10.7. The minimum Gasteiger partial charge on any atom is -0.480 e. The second-order valence-corrected chi connectivity index (χ2v) is 3.59. The van der Waals surface area contributed by atoms with Crippen molar-refractivity contribution < 1.29 is 29.0 Å². The highest BCUT2D eigenvalue weighted by molar-refractivity contribution is 6.03. The predicted molar refractivity (Wildman–Crippen MR) is 64.0 cm³/mol. The first-order valence-electron chi connectivity index (χ1n) is 5.75. The smallest absolute Gasteiger partial charge is 0.340 e. The highest BCUT2D eigenvalue weighted by atomic mass is 16.5. The van der Waals surface area contributed by atoms with Crippen molar-refractivity contribution in [2.45, 2.75) is 20.4 Å². The molecular weight excluding hydrogens is 254 g/mol. The Morgan fingerprint density at radius 2 is 1.47 bits per heavy atom. The van der Waals surface area contributed by atoms with Crippen molar-refractivity contribution in [1.29, 1.82) is 0 Å². The number of rotatable bonds is 6. The van der Waals surface area contributed by atoms with Crippen molar-refractivity contribution in [3.63, 3.8) is 0 Å². The van der Waals surface area contributed by atoms with Crippen LogP contribution in [0.4, 0.5) is 0 Å². The Balaban J connectivity index is 3.10. The van der Waals surface area contributed by atoms with Gasteiger partial charge in [-0.25, -0.2) is 9.59 Å². The second kappa shape index (κ2) is 6.58. The molecule has 1 rings (SSSR count). The van der Waals surface area contributed by atoms with Gasteiger partial charge in [0, 0.05) is 12.4 Å². The molecule has 0 unspecified atom stereocenters. The van der Waals surface area contributed by atoms with Gasteiger partial charge in [0.1, 0.15) is 6.54 Å². The van der Waals surface area contributed by atoms with E-state index in [0.717, 1.165) is 0 Å². The molecule has 0 aromatic carbocycles. The summed E-state index contributed by atoms with van der Waals surface area (Å²) < 4.78 is 10.8. The van der Waals surface area contributed by atoms with E-state index >= 15 is 0 Å². The Kier molecular flexibility index (Phi) is 5.11. The first-order chi connectivity index (χ1) is 8.99. The molecule has 0 atom stereocenters. The Labute approximate surface area is 109 Å². The maximum absolute atomic E-state index is 11.7. The van der Waals surface area contributed by atoms with Gasteiger partial charge in [-0.1, -0.05) is 0 Å². The Hall–Kier alpha value is -2.31. The molecule has 1 N–H and O–H groups in total. The third-order valence-electron chi connectivity index (χ3n) is 2.19. The van der Waals surface area contributed by atoms with E-state index in [1.165, 1.54) is 17.0 Å². The van der Waals surface area contributed by atoms with Crippen molar-refractivity contribution in [3.05, 3.63) is 23.5 Å². The van der Waals surface area contributed by atoms with Gasteiger partial charge in [-0.15, -0.1) is 0 Å². The van der Waals surface area contributed by atoms with Gasteiger partial charge in [0.05, 0.1) is 24.3 Å². The van der Waals surface area contributed by atoms with E-state index in [1.807, 2.05) is 0 Å². The number of esters is 2. The summed E-state index contributed by atoms with van der Waals surface area (Å²) in [7, 11) is 0. The van der Waals surface area contributed by atoms with Crippen LogP contribution in [0.1, 0.15) is 34.6 Å². The van der Waals surface area contributed by atoms with Gasteiger partial charge >= 0.3 is 17.9 Å². The van der Waals surface area contributed by atoms with Gasteiger partial charge in [0.2, 0.25) is 0 Å². The van der Waals surface area contributed by atoms with Gasteiger partial charge in [-0.3, -0.25) is 4.79 Å². The number of hydrogen-bond donors (Lipinski definition) is 1. The van der Waals surface area contributed by atoms with E-state index in [1.54, 1.807) is 13.8 Å². The Bertz CT molecular complexity index is 455. The maximum Gasteiger partial charge on any atom is 0.340 e. The Morgan fingerprint density at radius 1 is 1.05 bits per heavy atom. The SMILES string of the molecule is CCOC(=O)c1cn(CC(=O)O)cc1C(=O)OCC. The zero-order chi connectivity index (χ0) is 14.4. The number of carboxylic acid groups (broad SMARTS) is 1. The van der Waals surface area contributed by atoms with Gasteiger partial charge in [0.15, 0.2) is 0 Å². The molecule has 0 radical (unpaired) electrons. The Morgan fingerprint density at radius 3 is 1.79 bits per heavy atom. The van der Waals surface area contributed by atoms with E-state index in [-0.39, 0.29) is 30.9 Å². The number of carbonyl (C=O) groups excluding carboxylic acids is 2. The van der Waals surface area contributed by atoms with Crippen LogP contribution in [-0.4, -0.2) is 40.8 Å². The lowest BCUT2D eigenvalue weighted by Crippen LogP contribution is -2.11. The minimum absolute atomic E-state index is 0.00144. The highest BCUT2D eigenvalue weighted by Gasteiger charge is 2.22. The molecule has 0 fully saturated rings. The second-order valence-electron chi connectivity index (χ2n) is 3.59. The number of hydrogen-bond acceptors (Lipinski definition) is 5.